The van der Waals surface area contributed by atoms with E-state index in [9.17, 15) is 14.4 Å². The van der Waals surface area contributed by atoms with Gasteiger partial charge in [0.2, 0.25) is 11.9 Å². The zero-order valence-corrected chi connectivity index (χ0v) is 11.4. The van der Waals surface area contributed by atoms with Crippen LogP contribution in [0.2, 0.25) is 0 Å². The molecule has 0 bridgehead atoms. The van der Waals surface area contributed by atoms with Crippen LogP contribution >= 0.6 is 0 Å². The molecule has 1 unspecified atom stereocenters. The Hall–Kier alpha value is -2.58. The number of anilines is 1. The van der Waals surface area contributed by atoms with E-state index < -0.39 is 17.2 Å². The monoisotopic (exact) mass is 280 g/mol. The lowest BCUT2D eigenvalue weighted by atomic mass is 10.2. The molecule has 0 aliphatic carbocycles. The molecule has 2 aromatic heterocycles. The van der Waals surface area contributed by atoms with Crippen molar-refractivity contribution in [1.29, 1.82) is 0 Å². The normalized spacial score (nSPS) is 12.6. The number of hydrogen-bond acceptors (Lipinski definition) is 5. The van der Waals surface area contributed by atoms with Crippen molar-refractivity contribution in [1.82, 2.24) is 19.1 Å². The van der Waals surface area contributed by atoms with Crippen molar-refractivity contribution in [3.63, 3.8) is 0 Å². The molecule has 0 aliphatic heterocycles. The number of aryl methyl sites for hydroxylation is 1. The Morgan fingerprint density at radius 3 is 2.65 bits per heavy atom. The molecule has 9 nitrogen and oxygen atoms in total. The van der Waals surface area contributed by atoms with Gasteiger partial charge in [-0.05, 0) is 6.92 Å². The molecule has 0 fully saturated rings. The topological polar surface area (TPSA) is 128 Å². The Labute approximate surface area is 113 Å². The zero-order chi connectivity index (χ0) is 15.0. The number of nitrogens with one attached hydrogen (secondary N) is 2. The van der Waals surface area contributed by atoms with E-state index >= 15 is 0 Å². The van der Waals surface area contributed by atoms with Crippen molar-refractivity contribution in [3.8, 4) is 0 Å². The summed E-state index contributed by atoms with van der Waals surface area (Å²) in [6, 6.07) is -0.242. The number of fused-ring (bicyclic) bond motifs is 1. The van der Waals surface area contributed by atoms with Gasteiger partial charge >= 0.3 is 5.69 Å². The van der Waals surface area contributed by atoms with Crippen LogP contribution in [0.1, 0.15) is 13.3 Å². The summed E-state index contributed by atoms with van der Waals surface area (Å²) < 4.78 is 2.27. The average Bonchev–Trinajstić information content (AvgIpc) is 2.76. The maximum Gasteiger partial charge on any atom is 0.332 e. The van der Waals surface area contributed by atoms with Crippen molar-refractivity contribution in [2.24, 2.45) is 19.8 Å². The lowest BCUT2D eigenvalue weighted by molar-refractivity contribution is -0.118. The first-order valence-electron chi connectivity index (χ1n) is 6.01. The van der Waals surface area contributed by atoms with Crippen LogP contribution in [-0.4, -0.2) is 31.1 Å². The fourth-order valence-corrected chi connectivity index (χ4v) is 1.98. The second kappa shape index (κ2) is 4.83. The second-order valence-corrected chi connectivity index (χ2v) is 4.71. The maximum absolute atomic E-state index is 12.0. The molecule has 20 heavy (non-hydrogen) atoms. The SMILES string of the molecule is CC(CC(N)=O)Nc1nc2c([nH]1)c(=O)n(C)c(=O)n2C. The number of nitrogens with zero attached hydrogens (tertiary/aromatic N) is 3. The first-order valence-corrected chi connectivity index (χ1v) is 6.01. The second-order valence-electron chi connectivity index (χ2n) is 4.71. The standard InChI is InChI=1S/C11H16N6O3/c1-5(4-6(12)18)13-10-14-7-8(15-10)16(2)11(20)17(3)9(7)19/h5H,4H2,1-3H3,(H2,12,18)(H2,13,14,15). The highest BCUT2D eigenvalue weighted by Crippen LogP contribution is 2.10. The van der Waals surface area contributed by atoms with E-state index in [0.717, 1.165) is 4.57 Å². The van der Waals surface area contributed by atoms with Gasteiger partial charge < -0.3 is 16.0 Å². The molecule has 1 amide bonds. The predicted octanol–water partition coefficient (Wildman–Crippen LogP) is -1.36. The number of H-pyrrole nitrogens is 1. The van der Waals surface area contributed by atoms with Gasteiger partial charge in [0.1, 0.15) is 0 Å². The third kappa shape index (κ3) is 2.29. The summed E-state index contributed by atoms with van der Waals surface area (Å²) in [7, 11) is 2.93. The lowest BCUT2D eigenvalue weighted by Crippen LogP contribution is -2.36. The van der Waals surface area contributed by atoms with Gasteiger partial charge in [-0.15, -0.1) is 0 Å². The van der Waals surface area contributed by atoms with Crippen LogP contribution in [0.4, 0.5) is 5.95 Å². The van der Waals surface area contributed by atoms with Gasteiger partial charge in [-0.1, -0.05) is 0 Å². The molecule has 108 valence electrons. The fourth-order valence-electron chi connectivity index (χ4n) is 1.98. The van der Waals surface area contributed by atoms with Gasteiger partial charge in [0.05, 0.1) is 0 Å². The molecule has 0 saturated heterocycles. The van der Waals surface area contributed by atoms with Crippen LogP contribution in [0.15, 0.2) is 9.59 Å². The van der Waals surface area contributed by atoms with Crippen molar-refractivity contribution < 1.29 is 4.79 Å². The van der Waals surface area contributed by atoms with Gasteiger partial charge in [-0.2, -0.15) is 4.98 Å². The van der Waals surface area contributed by atoms with E-state index in [0.29, 0.717) is 5.95 Å². The minimum absolute atomic E-state index is 0.133. The summed E-state index contributed by atoms with van der Waals surface area (Å²) in [4.78, 5) is 41.5. The Bertz CT molecular complexity index is 784. The smallest absolute Gasteiger partial charge is 0.332 e. The summed E-state index contributed by atoms with van der Waals surface area (Å²) in [6.07, 6.45) is 0.133. The van der Waals surface area contributed by atoms with E-state index in [1.807, 2.05) is 0 Å². The highest BCUT2D eigenvalue weighted by molar-refractivity contribution is 5.75. The zero-order valence-electron chi connectivity index (χ0n) is 11.4. The Morgan fingerprint density at radius 1 is 1.40 bits per heavy atom. The van der Waals surface area contributed by atoms with E-state index in [-0.39, 0.29) is 23.6 Å². The van der Waals surface area contributed by atoms with Crippen molar-refractivity contribution in [2.45, 2.75) is 19.4 Å². The first-order chi connectivity index (χ1) is 9.31. The number of nitrogens with two attached hydrogens (primary N) is 1. The summed E-state index contributed by atoms with van der Waals surface area (Å²) in [5.74, 6) is -0.128. The molecule has 0 spiro atoms. The Kier molecular flexibility index (Phi) is 3.35. The van der Waals surface area contributed by atoms with E-state index in [1.165, 1.54) is 18.7 Å². The van der Waals surface area contributed by atoms with E-state index in [4.69, 9.17) is 5.73 Å². The molecule has 2 aromatic rings. The van der Waals surface area contributed by atoms with Gasteiger partial charge in [0, 0.05) is 26.6 Å². The lowest BCUT2D eigenvalue weighted by Gasteiger charge is -2.09. The summed E-state index contributed by atoms with van der Waals surface area (Å²) in [5.41, 5.74) is 4.68. The predicted molar refractivity (Wildman–Crippen MR) is 73.5 cm³/mol. The highest BCUT2D eigenvalue weighted by Gasteiger charge is 2.14. The summed E-state index contributed by atoms with van der Waals surface area (Å²) >= 11 is 0. The molecule has 9 heteroatoms. The summed E-state index contributed by atoms with van der Waals surface area (Å²) in [5, 5.41) is 2.92. The van der Waals surface area contributed by atoms with Crippen LogP contribution in [0.25, 0.3) is 11.2 Å². The first kappa shape index (κ1) is 13.8. The largest absolute Gasteiger partial charge is 0.370 e. The number of carbonyl (C=O) groups excluding carboxylic acids is 1. The summed E-state index contributed by atoms with van der Waals surface area (Å²) in [6.45, 7) is 1.76. The van der Waals surface area contributed by atoms with Crippen molar-refractivity contribution >= 4 is 23.0 Å². The Morgan fingerprint density at radius 2 is 2.05 bits per heavy atom. The number of aromatic amines is 1. The number of primary amides is 1. The molecule has 0 saturated carbocycles. The molecule has 1 atom stereocenters. The van der Waals surface area contributed by atoms with Crippen LogP contribution in [-0.2, 0) is 18.9 Å². The Balaban J connectivity index is 2.47. The molecule has 0 aliphatic rings. The van der Waals surface area contributed by atoms with Gasteiger partial charge in [0.15, 0.2) is 11.2 Å². The van der Waals surface area contributed by atoms with Crippen molar-refractivity contribution in [2.75, 3.05) is 5.32 Å². The third-order valence-corrected chi connectivity index (χ3v) is 2.99. The molecular formula is C11H16N6O3. The number of rotatable bonds is 4. The molecule has 2 heterocycles. The van der Waals surface area contributed by atoms with Gasteiger partial charge in [-0.3, -0.25) is 18.7 Å². The minimum atomic E-state index is -0.453. The molecular weight excluding hydrogens is 264 g/mol. The molecule has 4 N–H and O–H groups in total. The number of aromatic nitrogens is 4. The molecule has 0 radical (unpaired) electrons. The fraction of sp³-hybridized carbons (Fsp3) is 0.455. The van der Waals surface area contributed by atoms with Crippen molar-refractivity contribution in [3.05, 3.63) is 20.8 Å². The number of carbonyl (C=O) groups is 1. The van der Waals surface area contributed by atoms with Crippen LogP contribution in [0, 0.1) is 0 Å². The highest BCUT2D eigenvalue weighted by atomic mass is 16.2. The number of hydrogen-bond donors (Lipinski definition) is 3. The van der Waals surface area contributed by atoms with Crippen LogP contribution < -0.4 is 22.3 Å². The van der Waals surface area contributed by atoms with Gasteiger partial charge in [0.25, 0.3) is 5.56 Å². The quantitative estimate of drug-likeness (QED) is 0.637. The van der Waals surface area contributed by atoms with Gasteiger partial charge in [-0.25, -0.2) is 4.79 Å². The van der Waals surface area contributed by atoms with E-state index in [2.05, 4.69) is 15.3 Å². The van der Waals surface area contributed by atoms with Crippen LogP contribution in [0.3, 0.4) is 0 Å². The maximum atomic E-state index is 12.0. The molecule has 0 aromatic carbocycles. The number of imidazole rings is 1. The van der Waals surface area contributed by atoms with Crippen LogP contribution in [0.5, 0.6) is 0 Å². The van der Waals surface area contributed by atoms with E-state index in [1.54, 1.807) is 6.92 Å². The average molecular weight is 280 g/mol. The number of amides is 1. The third-order valence-electron chi connectivity index (χ3n) is 2.99. The minimum Gasteiger partial charge on any atom is -0.370 e. The molecule has 2 rings (SSSR count).